The number of rotatable bonds is 10. The largest absolute Gasteiger partial charge is 0.508 e. The number of hydrogen-bond donors (Lipinski definition) is 2. The summed E-state index contributed by atoms with van der Waals surface area (Å²) >= 11 is 0. The number of Topliss-reactive ketones (excluding diaryl/α,β-unsaturated/α-hetero) is 1. The van der Waals surface area contributed by atoms with Gasteiger partial charge in [0.05, 0.1) is 21.7 Å². The molecule has 1 aromatic carbocycles. The molecule has 0 unspecified atom stereocenters. The maximum Gasteiger partial charge on any atom is 0.340 e. The van der Waals surface area contributed by atoms with Gasteiger partial charge in [-0.25, -0.2) is 13.2 Å². The van der Waals surface area contributed by atoms with Crippen LogP contribution in [-0.2, 0) is 19.6 Å². The lowest BCUT2D eigenvalue weighted by atomic mass is 10.1. The first-order valence-electron chi connectivity index (χ1n) is 10.6. The fourth-order valence-electron chi connectivity index (χ4n) is 3.75. The van der Waals surface area contributed by atoms with Gasteiger partial charge in [0.15, 0.2) is 5.78 Å². The third-order valence-corrected chi connectivity index (χ3v) is 7.38. The lowest BCUT2D eigenvalue weighted by Crippen LogP contribution is -2.31. The Bertz CT molecular complexity index is 1010. The van der Waals surface area contributed by atoms with Crippen molar-refractivity contribution < 1.29 is 27.9 Å². The highest BCUT2D eigenvalue weighted by Gasteiger charge is 2.27. The monoisotopic (exact) mass is 465 g/mol. The molecule has 0 bridgehead atoms. The maximum absolute atomic E-state index is 13.0. The molecule has 1 aromatic rings. The Morgan fingerprint density at radius 2 is 1.75 bits per heavy atom. The number of carbonyl (C=O) groups excluding carboxylic acids is 2. The second-order valence-corrected chi connectivity index (χ2v) is 9.48. The van der Waals surface area contributed by atoms with Crippen LogP contribution in [0.3, 0.4) is 0 Å². The van der Waals surface area contributed by atoms with Crippen LogP contribution in [0.25, 0.3) is 0 Å². The highest BCUT2D eigenvalue weighted by Crippen LogP contribution is 2.29. The van der Waals surface area contributed by atoms with E-state index in [9.17, 15) is 23.1 Å². The Kier molecular flexibility index (Phi) is 8.57. The second-order valence-electron chi connectivity index (χ2n) is 7.54. The van der Waals surface area contributed by atoms with Gasteiger partial charge in [0.1, 0.15) is 12.4 Å². The SMILES string of the molecule is CCN(CC)S(=O)(=O)c1ccc(N2CCCC2)c(C(=O)OC/C(O)=C(\C(C)=N)C(C)=O)c1. The number of sulfonamides is 1. The third-order valence-electron chi connectivity index (χ3n) is 5.33. The van der Waals surface area contributed by atoms with E-state index in [1.807, 2.05) is 4.90 Å². The predicted octanol–water partition coefficient (Wildman–Crippen LogP) is 2.91. The molecule has 9 nitrogen and oxygen atoms in total. The first-order chi connectivity index (χ1) is 15.0. The van der Waals surface area contributed by atoms with E-state index >= 15 is 0 Å². The van der Waals surface area contributed by atoms with Gasteiger partial charge in [0, 0.05) is 31.9 Å². The van der Waals surface area contributed by atoms with E-state index < -0.39 is 34.1 Å². The van der Waals surface area contributed by atoms with Crippen LogP contribution in [0.4, 0.5) is 5.69 Å². The van der Waals surface area contributed by atoms with Crippen LogP contribution in [0, 0.1) is 5.41 Å². The molecule has 0 aliphatic carbocycles. The quantitative estimate of drug-likeness (QED) is 0.235. The summed E-state index contributed by atoms with van der Waals surface area (Å²) in [5.74, 6) is -1.86. The zero-order valence-electron chi connectivity index (χ0n) is 19.0. The Morgan fingerprint density at radius 1 is 1.16 bits per heavy atom. The van der Waals surface area contributed by atoms with Gasteiger partial charge in [0.25, 0.3) is 0 Å². The van der Waals surface area contributed by atoms with E-state index in [-0.39, 0.29) is 21.7 Å². The minimum Gasteiger partial charge on any atom is -0.508 e. The van der Waals surface area contributed by atoms with Crippen LogP contribution < -0.4 is 4.90 Å². The number of benzene rings is 1. The van der Waals surface area contributed by atoms with Crippen LogP contribution in [0.1, 0.15) is 50.9 Å². The number of aliphatic hydroxyl groups is 1. The molecule has 10 heteroatoms. The average molecular weight is 466 g/mol. The molecule has 1 fully saturated rings. The molecule has 2 N–H and O–H groups in total. The summed E-state index contributed by atoms with van der Waals surface area (Å²) in [5, 5.41) is 17.8. The van der Waals surface area contributed by atoms with Gasteiger partial charge >= 0.3 is 5.97 Å². The number of nitrogens with zero attached hydrogens (tertiary/aromatic N) is 2. The van der Waals surface area contributed by atoms with Crippen molar-refractivity contribution >= 4 is 33.2 Å². The molecule has 0 spiro atoms. The van der Waals surface area contributed by atoms with Crippen LogP contribution in [-0.4, -0.2) is 68.1 Å². The predicted molar refractivity (Wildman–Crippen MR) is 122 cm³/mol. The van der Waals surface area contributed by atoms with Crippen LogP contribution >= 0.6 is 0 Å². The van der Waals surface area contributed by atoms with Crippen molar-refractivity contribution in [1.82, 2.24) is 4.31 Å². The highest BCUT2D eigenvalue weighted by molar-refractivity contribution is 7.89. The van der Waals surface area contributed by atoms with Gasteiger partial charge in [-0.2, -0.15) is 4.31 Å². The van der Waals surface area contributed by atoms with Gasteiger partial charge in [-0.05, 0) is 44.9 Å². The number of aliphatic hydroxyl groups excluding tert-OH is 1. The summed E-state index contributed by atoms with van der Waals surface area (Å²) in [7, 11) is -3.79. The number of anilines is 1. The molecule has 1 aliphatic heterocycles. The molecule has 1 heterocycles. The molecule has 32 heavy (non-hydrogen) atoms. The molecule has 0 aromatic heterocycles. The first kappa shape index (κ1) is 25.5. The van der Waals surface area contributed by atoms with Gasteiger partial charge in [-0.3, -0.25) is 4.79 Å². The molecule has 0 atom stereocenters. The number of ether oxygens (including phenoxy) is 1. The third kappa shape index (κ3) is 5.55. The Morgan fingerprint density at radius 3 is 2.25 bits per heavy atom. The van der Waals surface area contributed by atoms with Crippen molar-refractivity contribution in [3.05, 3.63) is 35.1 Å². The molecule has 1 saturated heterocycles. The zero-order valence-corrected chi connectivity index (χ0v) is 19.8. The van der Waals surface area contributed by atoms with E-state index in [1.54, 1.807) is 19.9 Å². The van der Waals surface area contributed by atoms with Crippen molar-refractivity contribution in [2.45, 2.75) is 45.4 Å². The molecule has 0 amide bonds. The molecule has 2 rings (SSSR count). The Balaban J connectivity index is 2.44. The fourth-order valence-corrected chi connectivity index (χ4v) is 5.24. The summed E-state index contributed by atoms with van der Waals surface area (Å²) in [6, 6.07) is 4.40. The summed E-state index contributed by atoms with van der Waals surface area (Å²) in [4.78, 5) is 26.6. The number of carbonyl (C=O) groups is 2. The lowest BCUT2D eigenvalue weighted by Gasteiger charge is -2.23. The zero-order chi connectivity index (χ0) is 24.1. The van der Waals surface area contributed by atoms with E-state index in [2.05, 4.69) is 0 Å². The van der Waals surface area contributed by atoms with Gasteiger partial charge in [-0.15, -0.1) is 0 Å². The number of nitrogens with one attached hydrogen (secondary N) is 1. The maximum atomic E-state index is 13.0. The normalized spacial score (nSPS) is 15.0. The minimum atomic E-state index is -3.79. The summed E-state index contributed by atoms with van der Waals surface area (Å²) in [5.41, 5.74) is 0.278. The minimum absolute atomic E-state index is 0.0179. The summed E-state index contributed by atoms with van der Waals surface area (Å²) < 4.78 is 32.4. The summed E-state index contributed by atoms with van der Waals surface area (Å²) in [6.07, 6.45) is 1.91. The first-order valence-corrected chi connectivity index (χ1v) is 12.0. The second kappa shape index (κ2) is 10.7. The van der Waals surface area contributed by atoms with Crippen molar-refractivity contribution in [2.75, 3.05) is 37.7 Å². The topological polar surface area (TPSA) is 128 Å². The van der Waals surface area contributed by atoms with E-state index in [0.29, 0.717) is 18.8 Å². The number of esters is 1. The average Bonchev–Trinajstić information content (AvgIpc) is 3.26. The molecule has 0 saturated carbocycles. The number of allylic oxidation sites excluding steroid dienone is 1. The van der Waals surface area contributed by atoms with Crippen molar-refractivity contribution in [3.63, 3.8) is 0 Å². The van der Waals surface area contributed by atoms with Crippen LogP contribution in [0.5, 0.6) is 0 Å². The van der Waals surface area contributed by atoms with E-state index in [0.717, 1.165) is 25.9 Å². The van der Waals surface area contributed by atoms with E-state index in [4.69, 9.17) is 10.1 Å². The van der Waals surface area contributed by atoms with Crippen LogP contribution in [0.2, 0.25) is 0 Å². The van der Waals surface area contributed by atoms with Crippen LogP contribution in [0.15, 0.2) is 34.4 Å². The van der Waals surface area contributed by atoms with Gasteiger partial charge in [-0.1, -0.05) is 13.8 Å². The number of ketones is 1. The molecular weight excluding hydrogens is 434 g/mol. The Hall–Kier alpha value is -2.72. The molecule has 0 radical (unpaired) electrons. The van der Waals surface area contributed by atoms with Crippen molar-refractivity contribution in [2.24, 2.45) is 0 Å². The molecule has 1 aliphatic rings. The fraction of sp³-hybridized carbons (Fsp3) is 0.500. The highest BCUT2D eigenvalue weighted by atomic mass is 32.2. The van der Waals surface area contributed by atoms with E-state index in [1.165, 1.54) is 30.3 Å². The smallest absolute Gasteiger partial charge is 0.340 e. The Labute approximate surface area is 189 Å². The lowest BCUT2D eigenvalue weighted by molar-refractivity contribution is -0.113. The molecular formula is C22H31N3O6S. The van der Waals surface area contributed by atoms with Crippen molar-refractivity contribution in [3.8, 4) is 0 Å². The van der Waals surface area contributed by atoms with Crippen molar-refractivity contribution in [1.29, 1.82) is 5.41 Å². The van der Waals surface area contributed by atoms with Gasteiger partial charge < -0.3 is 20.2 Å². The molecule has 176 valence electrons. The number of hydrogen-bond acceptors (Lipinski definition) is 8. The standard InChI is InChI=1S/C22H31N3O6S/c1-5-25(6-2)32(29,30)17-9-10-19(24-11-7-8-12-24)18(13-17)22(28)31-14-20(27)21(15(3)23)16(4)26/h9-10,13,23,27H,5-8,11-12,14H2,1-4H3/b21-20-,23-15?. The summed E-state index contributed by atoms with van der Waals surface area (Å²) in [6.45, 7) is 7.48. The van der Waals surface area contributed by atoms with Gasteiger partial charge in [0.2, 0.25) is 10.0 Å².